The number of ether oxygens (including phenoxy) is 1. The quantitative estimate of drug-likeness (QED) is 0.704. The van der Waals surface area contributed by atoms with Crippen molar-refractivity contribution in [1.29, 1.82) is 0 Å². The van der Waals surface area contributed by atoms with Gasteiger partial charge in [0.25, 0.3) is 5.91 Å². The van der Waals surface area contributed by atoms with Crippen molar-refractivity contribution in [2.75, 3.05) is 13.1 Å². The number of rotatable bonds is 6. The highest BCUT2D eigenvalue weighted by molar-refractivity contribution is 7.89. The zero-order chi connectivity index (χ0) is 21.2. The van der Waals surface area contributed by atoms with E-state index in [0.29, 0.717) is 19.0 Å². The molecule has 8 nitrogen and oxygen atoms in total. The van der Waals surface area contributed by atoms with Crippen LogP contribution in [0.15, 0.2) is 17.2 Å². The minimum atomic E-state index is -3.62. The maximum Gasteiger partial charge on any atom is 0.355 e. The SMILES string of the molecule is CC(OC(=O)c1cc(S(=O)(=O)N2CCCC2)cn1C)C(=O)NC1CCCCC1C. The molecule has 162 valence electrons. The number of carbonyl (C=O) groups is 2. The van der Waals surface area contributed by atoms with Crippen LogP contribution < -0.4 is 5.32 Å². The van der Waals surface area contributed by atoms with E-state index in [-0.39, 0.29) is 22.5 Å². The number of esters is 1. The summed E-state index contributed by atoms with van der Waals surface area (Å²) in [5, 5.41) is 2.98. The van der Waals surface area contributed by atoms with E-state index in [1.54, 1.807) is 7.05 Å². The largest absolute Gasteiger partial charge is 0.448 e. The van der Waals surface area contributed by atoms with Gasteiger partial charge in [-0.15, -0.1) is 0 Å². The molecule has 0 bridgehead atoms. The molecule has 2 fully saturated rings. The highest BCUT2D eigenvalue weighted by Crippen LogP contribution is 2.25. The van der Waals surface area contributed by atoms with E-state index in [0.717, 1.165) is 32.1 Å². The number of hydrogen-bond acceptors (Lipinski definition) is 5. The van der Waals surface area contributed by atoms with Crippen LogP contribution in [-0.2, 0) is 26.6 Å². The molecule has 1 aromatic heterocycles. The van der Waals surface area contributed by atoms with Gasteiger partial charge in [0, 0.05) is 32.4 Å². The molecule has 3 rings (SSSR count). The maximum atomic E-state index is 12.7. The van der Waals surface area contributed by atoms with Crippen molar-refractivity contribution in [3.8, 4) is 0 Å². The van der Waals surface area contributed by atoms with E-state index < -0.39 is 22.1 Å². The summed E-state index contributed by atoms with van der Waals surface area (Å²) < 4.78 is 33.6. The van der Waals surface area contributed by atoms with Gasteiger partial charge in [0.05, 0.1) is 0 Å². The molecular formula is C20H31N3O5S. The number of amides is 1. The molecular weight excluding hydrogens is 394 g/mol. The van der Waals surface area contributed by atoms with Crippen molar-refractivity contribution in [2.24, 2.45) is 13.0 Å². The van der Waals surface area contributed by atoms with Crippen LogP contribution in [-0.4, -0.2) is 54.4 Å². The second-order valence-electron chi connectivity index (χ2n) is 8.21. The minimum absolute atomic E-state index is 0.0713. The summed E-state index contributed by atoms with van der Waals surface area (Å²) in [6.45, 7) is 4.64. The molecule has 0 spiro atoms. The number of sulfonamides is 1. The summed E-state index contributed by atoms with van der Waals surface area (Å²) >= 11 is 0. The Bertz CT molecular complexity index is 857. The third-order valence-corrected chi connectivity index (χ3v) is 7.85. The Morgan fingerprint density at radius 3 is 2.48 bits per heavy atom. The molecule has 1 saturated carbocycles. The lowest BCUT2D eigenvalue weighted by molar-refractivity contribution is -0.130. The van der Waals surface area contributed by atoms with Crippen LogP contribution in [0.1, 0.15) is 62.9 Å². The first-order chi connectivity index (χ1) is 13.7. The molecule has 3 atom stereocenters. The van der Waals surface area contributed by atoms with Gasteiger partial charge < -0.3 is 14.6 Å². The molecule has 1 aliphatic carbocycles. The third-order valence-electron chi connectivity index (χ3n) is 5.98. The second kappa shape index (κ2) is 8.87. The topological polar surface area (TPSA) is 97.7 Å². The molecule has 1 aromatic rings. The average molecular weight is 426 g/mol. The standard InChI is InChI=1S/C20H31N3O5S/c1-14-8-4-5-9-17(14)21-19(24)15(2)28-20(25)18-12-16(13-22(18)3)29(26,27)23-10-6-7-11-23/h12-15,17H,4-11H2,1-3H3,(H,21,24). The minimum Gasteiger partial charge on any atom is -0.448 e. The van der Waals surface area contributed by atoms with Gasteiger partial charge in [-0.3, -0.25) is 4.79 Å². The van der Waals surface area contributed by atoms with Crippen LogP contribution in [0.4, 0.5) is 0 Å². The van der Waals surface area contributed by atoms with Crippen molar-refractivity contribution >= 4 is 21.9 Å². The Hall–Kier alpha value is -1.87. The summed E-state index contributed by atoms with van der Waals surface area (Å²) in [7, 11) is -2.03. The number of nitrogens with one attached hydrogen (secondary N) is 1. The first-order valence-corrected chi connectivity index (χ1v) is 11.8. The lowest BCUT2D eigenvalue weighted by Crippen LogP contribution is -2.46. The van der Waals surface area contributed by atoms with Crippen LogP contribution in [0.25, 0.3) is 0 Å². The Kier molecular flexibility index (Phi) is 6.68. The number of aryl methyl sites for hydroxylation is 1. The van der Waals surface area contributed by atoms with Crippen molar-refractivity contribution in [2.45, 2.75) is 69.4 Å². The molecule has 0 radical (unpaired) electrons. The van der Waals surface area contributed by atoms with Crippen molar-refractivity contribution in [3.05, 3.63) is 18.0 Å². The molecule has 3 unspecified atom stereocenters. The van der Waals surface area contributed by atoms with Gasteiger partial charge in [-0.25, -0.2) is 13.2 Å². The van der Waals surface area contributed by atoms with Gasteiger partial charge in [-0.1, -0.05) is 19.8 Å². The van der Waals surface area contributed by atoms with Crippen LogP contribution in [0.2, 0.25) is 0 Å². The van der Waals surface area contributed by atoms with Crippen LogP contribution in [0.3, 0.4) is 0 Å². The lowest BCUT2D eigenvalue weighted by atomic mass is 9.86. The Labute approximate surface area is 172 Å². The normalized spacial score (nSPS) is 24.2. The Balaban J connectivity index is 1.64. The zero-order valence-corrected chi connectivity index (χ0v) is 18.2. The van der Waals surface area contributed by atoms with Gasteiger partial charge >= 0.3 is 5.97 Å². The van der Waals surface area contributed by atoms with Crippen molar-refractivity contribution in [3.63, 3.8) is 0 Å². The number of carbonyl (C=O) groups excluding carboxylic acids is 2. The summed E-state index contributed by atoms with van der Waals surface area (Å²) in [6, 6.07) is 1.42. The van der Waals surface area contributed by atoms with Crippen molar-refractivity contribution < 1.29 is 22.7 Å². The number of hydrogen-bond donors (Lipinski definition) is 1. The monoisotopic (exact) mass is 425 g/mol. The zero-order valence-electron chi connectivity index (χ0n) is 17.4. The molecule has 29 heavy (non-hydrogen) atoms. The molecule has 2 heterocycles. The third kappa shape index (κ3) is 4.83. The summed E-state index contributed by atoms with van der Waals surface area (Å²) in [5.74, 6) is -0.632. The van der Waals surface area contributed by atoms with E-state index in [2.05, 4.69) is 12.2 Å². The Morgan fingerprint density at radius 2 is 1.83 bits per heavy atom. The predicted molar refractivity (Wildman–Crippen MR) is 108 cm³/mol. The fourth-order valence-corrected chi connectivity index (χ4v) is 5.65. The lowest BCUT2D eigenvalue weighted by Gasteiger charge is -2.30. The first kappa shape index (κ1) is 21.8. The maximum absolute atomic E-state index is 12.7. The fourth-order valence-electron chi connectivity index (χ4n) is 4.06. The summed E-state index contributed by atoms with van der Waals surface area (Å²) in [5.41, 5.74) is 0.105. The van der Waals surface area contributed by atoms with Gasteiger partial charge in [-0.2, -0.15) is 4.31 Å². The smallest absolute Gasteiger partial charge is 0.355 e. The van der Waals surface area contributed by atoms with Crippen LogP contribution in [0, 0.1) is 5.92 Å². The van der Waals surface area contributed by atoms with Gasteiger partial charge in [0.2, 0.25) is 10.0 Å². The molecule has 1 amide bonds. The average Bonchev–Trinajstić information content (AvgIpc) is 3.34. The fraction of sp³-hybridized carbons (Fsp3) is 0.700. The summed E-state index contributed by atoms with van der Waals surface area (Å²) in [4.78, 5) is 25.1. The summed E-state index contributed by atoms with van der Waals surface area (Å²) in [6.07, 6.45) is 6.42. The molecule has 1 aliphatic heterocycles. The van der Waals surface area contributed by atoms with E-state index in [4.69, 9.17) is 4.74 Å². The Morgan fingerprint density at radius 1 is 1.17 bits per heavy atom. The molecule has 2 aliphatic rings. The molecule has 9 heteroatoms. The number of nitrogens with zero attached hydrogens (tertiary/aromatic N) is 2. The van der Waals surface area contributed by atoms with E-state index >= 15 is 0 Å². The van der Waals surface area contributed by atoms with E-state index in [1.165, 1.54) is 34.5 Å². The molecule has 1 N–H and O–H groups in total. The number of aromatic nitrogens is 1. The highest BCUT2D eigenvalue weighted by Gasteiger charge is 2.31. The predicted octanol–water partition coefficient (Wildman–Crippen LogP) is 2.05. The van der Waals surface area contributed by atoms with Gasteiger partial charge in [-0.05, 0) is 44.6 Å². The van der Waals surface area contributed by atoms with Crippen molar-refractivity contribution in [1.82, 2.24) is 14.2 Å². The van der Waals surface area contributed by atoms with E-state index in [1.807, 2.05) is 0 Å². The van der Waals surface area contributed by atoms with E-state index in [9.17, 15) is 18.0 Å². The van der Waals surface area contributed by atoms with Crippen LogP contribution in [0.5, 0.6) is 0 Å². The first-order valence-electron chi connectivity index (χ1n) is 10.4. The van der Waals surface area contributed by atoms with Gasteiger partial charge in [0.15, 0.2) is 6.10 Å². The van der Waals surface area contributed by atoms with Crippen LogP contribution >= 0.6 is 0 Å². The second-order valence-corrected chi connectivity index (χ2v) is 10.1. The molecule has 1 saturated heterocycles. The molecule has 0 aromatic carbocycles. The van der Waals surface area contributed by atoms with Gasteiger partial charge in [0.1, 0.15) is 10.6 Å². The highest BCUT2D eigenvalue weighted by atomic mass is 32.2.